The molecule has 3 aromatic heterocycles. The molecule has 3 aliphatic rings. The number of aliphatic hydroxyl groups is 1. The van der Waals surface area contributed by atoms with Gasteiger partial charge in [-0.15, -0.1) is 0 Å². The highest BCUT2D eigenvalue weighted by atomic mass is 19.4. The summed E-state index contributed by atoms with van der Waals surface area (Å²) in [5.74, 6) is -2.41. The summed E-state index contributed by atoms with van der Waals surface area (Å²) in [4.78, 5) is 36.5. The van der Waals surface area contributed by atoms with Crippen molar-refractivity contribution in [3.05, 3.63) is 58.3 Å². The number of fused-ring (bicyclic) bond motifs is 2. The normalized spacial score (nSPS) is 24.0. The third kappa shape index (κ3) is 3.80. The van der Waals surface area contributed by atoms with Crippen molar-refractivity contribution in [2.45, 2.75) is 37.1 Å². The first-order chi connectivity index (χ1) is 17.0. The van der Waals surface area contributed by atoms with E-state index < -0.39 is 46.5 Å². The van der Waals surface area contributed by atoms with Gasteiger partial charge in [-0.25, -0.2) is 14.4 Å². The van der Waals surface area contributed by atoms with Crippen LogP contribution in [0.5, 0.6) is 0 Å². The van der Waals surface area contributed by atoms with Gasteiger partial charge in [0.05, 0.1) is 11.0 Å². The largest absolute Gasteiger partial charge is 0.408 e. The Kier molecular flexibility index (Phi) is 4.91. The number of aromatic nitrogens is 3. The Morgan fingerprint density at radius 3 is 2.67 bits per heavy atom. The van der Waals surface area contributed by atoms with Crippen LogP contribution in [0.1, 0.15) is 29.6 Å². The number of pyridine rings is 3. The molecule has 6 rings (SSSR count). The third-order valence-corrected chi connectivity index (χ3v) is 7.21. The molecule has 3 fully saturated rings. The van der Waals surface area contributed by atoms with Crippen molar-refractivity contribution in [1.82, 2.24) is 19.9 Å². The fourth-order valence-corrected chi connectivity index (χ4v) is 4.99. The van der Waals surface area contributed by atoms with Gasteiger partial charge in [-0.3, -0.25) is 14.2 Å². The highest BCUT2D eigenvalue weighted by molar-refractivity contribution is 5.97. The van der Waals surface area contributed by atoms with E-state index in [4.69, 9.17) is 0 Å². The molecule has 3 unspecified atom stereocenters. The number of carbonyl (C=O) groups is 1. The zero-order chi connectivity index (χ0) is 25.4. The van der Waals surface area contributed by atoms with E-state index in [2.05, 4.69) is 9.97 Å². The van der Waals surface area contributed by atoms with E-state index in [1.54, 1.807) is 6.07 Å². The molecule has 188 valence electrons. The molecule has 0 aromatic carbocycles. The summed E-state index contributed by atoms with van der Waals surface area (Å²) in [6.45, 7) is 0.927. The second-order valence-electron chi connectivity index (χ2n) is 9.81. The van der Waals surface area contributed by atoms with Crippen LogP contribution < -0.4 is 15.6 Å². The van der Waals surface area contributed by atoms with E-state index in [9.17, 15) is 32.3 Å². The molecule has 0 bridgehead atoms. The number of nitrogens with one attached hydrogen (secondary N) is 1. The van der Waals surface area contributed by atoms with E-state index in [0.717, 1.165) is 16.8 Å². The van der Waals surface area contributed by atoms with Crippen LogP contribution in [0.3, 0.4) is 0 Å². The summed E-state index contributed by atoms with van der Waals surface area (Å²) in [5.41, 5.74) is -2.17. The predicted molar refractivity (Wildman–Crippen MR) is 120 cm³/mol. The van der Waals surface area contributed by atoms with Gasteiger partial charge in [0.1, 0.15) is 17.4 Å². The minimum absolute atomic E-state index is 0.00576. The number of alkyl halides is 3. The summed E-state index contributed by atoms with van der Waals surface area (Å²) >= 11 is 0. The second kappa shape index (κ2) is 7.73. The Labute approximate surface area is 201 Å². The lowest BCUT2D eigenvalue weighted by Crippen LogP contribution is -2.48. The van der Waals surface area contributed by atoms with Gasteiger partial charge in [0.2, 0.25) is 5.43 Å². The molecule has 0 radical (unpaired) electrons. The first-order valence-corrected chi connectivity index (χ1v) is 11.6. The maximum atomic E-state index is 14.7. The van der Waals surface area contributed by atoms with Crippen LogP contribution in [0, 0.1) is 17.7 Å². The number of amides is 1. The molecule has 1 amide bonds. The molecule has 4 heterocycles. The lowest BCUT2D eigenvalue weighted by atomic mass is 10.1. The lowest BCUT2D eigenvalue weighted by molar-refractivity contribution is -0.158. The van der Waals surface area contributed by atoms with Crippen molar-refractivity contribution in [2.75, 3.05) is 18.0 Å². The Balaban J connectivity index is 1.46. The monoisotopic (exact) mass is 503 g/mol. The molecule has 1 aliphatic heterocycles. The third-order valence-electron chi connectivity index (χ3n) is 7.21. The smallest absolute Gasteiger partial charge is 0.388 e. The van der Waals surface area contributed by atoms with Crippen molar-refractivity contribution >= 4 is 22.8 Å². The quantitative estimate of drug-likeness (QED) is 0.520. The SMILES string of the molecule is O=C(NC(C1CC1)C(F)(F)F)c1cn(-c2ncccc2F)c2nc(N3CC4CC4(O)C3)ccc2c1=O. The Morgan fingerprint density at radius 1 is 1.25 bits per heavy atom. The van der Waals surface area contributed by atoms with Crippen LogP contribution in [0.4, 0.5) is 23.4 Å². The van der Waals surface area contributed by atoms with E-state index >= 15 is 0 Å². The van der Waals surface area contributed by atoms with E-state index in [1.807, 2.05) is 10.2 Å². The standard InChI is InChI=1S/C24H21F4N5O3/c25-16-2-1-7-29-21(16)33-10-15(22(35)31-19(12-3-4-12)24(26,27)28)18(34)14-5-6-17(30-20(14)33)32-9-13-8-23(13,36)11-32/h1-2,5-7,10,12-13,19,36H,3-4,8-9,11H2,(H,31,35). The zero-order valence-electron chi connectivity index (χ0n) is 18.8. The average molecular weight is 503 g/mol. The van der Waals surface area contributed by atoms with Gasteiger partial charge < -0.3 is 15.3 Å². The number of carbonyl (C=O) groups excluding carboxylic acids is 1. The average Bonchev–Trinajstić information content (AvgIpc) is 3.74. The molecule has 2 saturated carbocycles. The van der Waals surface area contributed by atoms with Gasteiger partial charge in [-0.1, -0.05) is 0 Å². The van der Waals surface area contributed by atoms with Gasteiger partial charge in [0, 0.05) is 31.4 Å². The Morgan fingerprint density at radius 2 is 2.03 bits per heavy atom. The van der Waals surface area contributed by atoms with E-state index in [-0.39, 0.29) is 22.8 Å². The fourth-order valence-electron chi connectivity index (χ4n) is 4.99. The first-order valence-electron chi connectivity index (χ1n) is 11.6. The predicted octanol–water partition coefficient (Wildman–Crippen LogP) is 2.56. The highest BCUT2D eigenvalue weighted by Crippen LogP contribution is 2.50. The number of hydrogen-bond donors (Lipinski definition) is 2. The number of hydrogen-bond acceptors (Lipinski definition) is 6. The van der Waals surface area contributed by atoms with Crippen LogP contribution in [0.25, 0.3) is 16.9 Å². The molecular weight excluding hydrogens is 482 g/mol. The summed E-state index contributed by atoms with van der Waals surface area (Å²) in [5, 5.41) is 12.3. The summed E-state index contributed by atoms with van der Waals surface area (Å²) in [6.07, 6.45) is -1.02. The Bertz CT molecular complexity index is 1450. The highest BCUT2D eigenvalue weighted by Gasteiger charge is 2.59. The summed E-state index contributed by atoms with van der Waals surface area (Å²) in [7, 11) is 0. The van der Waals surface area contributed by atoms with Crippen LogP contribution in [0.15, 0.2) is 41.5 Å². The van der Waals surface area contributed by atoms with Gasteiger partial charge in [0.15, 0.2) is 17.3 Å². The Hall–Kier alpha value is -3.54. The minimum Gasteiger partial charge on any atom is -0.388 e. The molecule has 0 spiro atoms. The molecule has 1 saturated heterocycles. The van der Waals surface area contributed by atoms with Crippen molar-refractivity contribution in [2.24, 2.45) is 11.8 Å². The number of anilines is 1. The second-order valence-corrected chi connectivity index (χ2v) is 9.81. The number of rotatable bonds is 5. The van der Waals surface area contributed by atoms with Gasteiger partial charge in [-0.2, -0.15) is 13.2 Å². The molecule has 3 atom stereocenters. The van der Waals surface area contributed by atoms with Gasteiger partial charge in [0.25, 0.3) is 5.91 Å². The van der Waals surface area contributed by atoms with Crippen LogP contribution in [-0.4, -0.2) is 56.5 Å². The summed E-state index contributed by atoms with van der Waals surface area (Å²) in [6, 6.07) is 3.36. The molecule has 36 heavy (non-hydrogen) atoms. The first kappa shape index (κ1) is 22.9. The molecule has 2 N–H and O–H groups in total. The van der Waals surface area contributed by atoms with Gasteiger partial charge >= 0.3 is 6.18 Å². The zero-order valence-corrected chi connectivity index (χ0v) is 18.8. The number of β-amino-alcohol motifs (C(OH)–C–C–N with tert-alkyl or cyclic N) is 1. The molecule has 3 aromatic rings. The van der Waals surface area contributed by atoms with Crippen molar-refractivity contribution in [1.29, 1.82) is 0 Å². The van der Waals surface area contributed by atoms with Crippen molar-refractivity contribution in [3.63, 3.8) is 0 Å². The number of halogens is 4. The van der Waals surface area contributed by atoms with Crippen LogP contribution >= 0.6 is 0 Å². The summed E-state index contributed by atoms with van der Waals surface area (Å²) < 4.78 is 56.3. The number of piperidine rings is 1. The molecule has 8 nitrogen and oxygen atoms in total. The molecule has 12 heteroatoms. The van der Waals surface area contributed by atoms with Crippen LogP contribution in [-0.2, 0) is 0 Å². The van der Waals surface area contributed by atoms with E-state index in [1.165, 1.54) is 18.3 Å². The maximum Gasteiger partial charge on any atom is 0.408 e. The van der Waals surface area contributed by atoms with Crippen LogP contribution in [0.2, 0.25) is 0 Å². The number of nitrogens with zero attached hydrogens (tertiary/aromatic N) is 4. The van der Waals surface area contributed by atoms with Crippen molar-refractivity contribution in [3.8, 4) is 5.82 Å². The maximum absolute atomic E-state index is 14.7. The lowest BCUT2D eigenvalue weighted by Gasteiger charge is -2.22. The molecular formula is C24H21F4N5O3. The van der Waals surface area contributed by atoms with E-state index in [0.29, 0.717) is 38.2 Å². The topological polar surface area (TPSA) is 100 Å². The fraction of sp³-hybridized carbons (Fsp3) is 0.417. The van der Waals surface area contributed by atoms with Crippen molar-refractivity contribution < 1.29 is 27.5 Å². The molecule has 2 aliphatic carbocycles. The minimum atomic E-state index is -4.67. The van der Waals surface area contributed by atoms with Gasteiger partial charge in [-0.05, 0) is 49.4 Å².